The van der Waals surface area contributed by atoms with Crippen LogP contribution in [0.5, 0.6) is 0 Å². The normalized spacial score (nSPS) is 14.2. The van der Waals surface area contributed by atoms with Crippen LogP contribution in [0.2, 0.25) is 0 Å². The second-order valence-electron chi connectivity index (χ2n) is 27.9. The van der Waals surface area contributed by atoms with Crippen LogP contribution in [-0.4, -0.2) is 96.7 Å². The van der Waals surface area contributed by atoms with E-state index < -0.39 is 97.5 Å². The molecule has 0 aromatic heterocycles. The highest BCUT2D eigenvalue weighted by molar-refractivity contribution is 7.47. The van der Waals surface area contributed by atoms with E-state index in [4.69, 9.17) is 37.0 Å². The molecule has 3 N–H and O–H groups in total. The standard InChI is InChI=1S/C72H140O17P2/c1-62(2)48-40-32-24-16-13-11-9-10-12-14-18-28-36-44-52-69(74)82-58-68(89-72(77)55-47-39-31-23-21-27-35-43-51-65(7)8)61-87-91(80,81)85-57-66(73)56-84-90(78,79)86-60-67(59-83-70(75)53-45-37-29-22-20-26-34-42-50-64(5)6)88-71(76)54-46-38-30-19-15-17-25-33-41-49-63(3)4/h62-68,73H,9-61H2,1-8H3,(H,78,79)(H,80,81)/t66?,67-,68-/m1/s1. The molecule has 0 aromatic carbocycles. The summed E-state index contributed by atoms with van der Waals surface area (Å²) in [5.41, 5.74) is 0. The van der Waals surface area contributed by atoms with Crippen molar-refractivity contribution < 1.29 is 80.2 Å². The lowest BCUT2D eigenvalue weighted by Gasteiger charge is -2.21. The summed E-state index contributed by atoms with van der Waals surface area (Å²) in [6.07, 6.45) is 44.5. The topological polar surface area (TPSA) is 237 Å². The number of unbranched alkanes of at least 4 members (excludes halogenated alkanes) is 35. The minimum atomic E-state index is -4.95. The van der Waals surface area contributed by atoms with E-state index in [1.807, 2.05) is 0 Å². The van der Waals surface area contributed by atoms with Gasteiger partial charge in [0.15, 0.2) is 12.2 Å². The molecule has 0 aromatic rings. The Labute approximate surface area is 556 Å². The fraction of sp³-hybridized carbons (Fsp3) is 0.944. The van der Waals surface area contributed by atoms with Crippen LogP contribution in [0.25, 0.3) is 0 Å². The average Bonchev–Trinajstić information content (AvgIpc) is 3.58. The number of aliphatic hydroxyl groups is 1. The third-order valence-corrected chi connectivity index (χ3v) is 18.5. The zero-order valence-corrected chi connectivity index (χ0v) is 61.3. The Morgan fingerprint density at radius 3 is 0.681 bits per heavy atom. The third-order valence-electron chi connectivity index (χ3n) is 16.6. The van der Waals surface area contributed by atoms with E-state index in [-0.39, 0.29) is 25.7 Å². The highest BCUT2D eigenvalue weighted by Gasteiger charge is 2.30. The van der Waals surface area contributed by atoms with Crippen LogP contribution in [0.4, 0.5) is 0 Å². The van der Waals surface area contributed by atoms with Gasteiger partial charge >= 0.3 is 39.5 Å². The largest absolute Gasteiger partial charge is 0.472 e. The summed E-state index contributed by atoms with van der Waals surface area (Å²) in [6.45, 7) is 14.1. The van der Waals surface area contributed by atoms with Crippen molar-refractivity contribution in [2.75, 3.05) is 39.6 Å². The summed E-state index contributed by atoms with van der Waals surface area (Å²) < 4.78 is 68.3. The molecule has 91 heavy (non-hydrogen) atoms. The second kappa shape index (κ2) is 61.6. The van der Waals surface area contributed by atoms with Crippen LogP contribution in [0.15, 0.2) is 0 Å². The molecular formula is C72H140O17P2. The molecule has 0 bridgehead atoms. The van der Waals surface area contributed by atoms with E-state index in [0.29, 0.717) is 25.7 Å². The number of phosphoric acid groups is 2. The van der Waals surface area contributed by atoms with Crippen molar-refractivity contribution in [2.45, 2.75) is 375 Å². The zero-order valence-electron chi connectivity index (χ0n) is 59.5. The van der Waals surface area contributed by atoms with Crippen molar-refractivity contribution in [1.29, 1.82) is 0 Å². The molecule has 0 radical (unpaired) electrons. The summed E-state index contributed by atoms with van der Waals surface area (Å²) in [5.74, 6) is 0.852. The van der Waals surface area contributed by atoms with Crippen molar-refractivity contribution in [1.82, 2.24) is 0 Å². The highest BCUT2D eigenvalue weighted by atomic mass is 31.2. The molecule has 0 aliphatic rings. The molecule has 540 valence electrons. The summed E-state index contributed by atoms with van der Waals surface area (Å²) in [4.78, 5) is 72.6. The van der Waals surface area contributed by atoms with E-state index in [9.17, 15) is 43.2 Å². The molecule has 0 fully saturated rings. The van der Waals surface area contributed by atoms with Gasteiger partial charge in [-0.1, -0.05) is 306 Å². The lowest BCUT2D eigenvalue weighted by Crippen LogP contribution is -2.30. The zero-order chi connectivity index (χ0) is 67.5. The minimum absolute atomic E-state index is 0.104. The van der Waals surface area contributed by atoms with Crippen LogP contribution in [0.1, 0.15) is 357 Å². The molecule has 0 saturated carbocycles. The van der Waals surface area contributed by atoms with E-state index >= 15 is 0 Å². The third kappa shape index (κ3) is 66.5. The minimum Gasteiger partial charge on any atom is -0.462 e. The first kappa shape index (κ1) is 89.1. The number of hydrogen-bond donors (Lipinski definition) is 3. The molecule has 17 nitrogen and oxygen atoms in total. The fourth-order valence-corrected chi connectivity index (χ4v) is 12.4. The van der Waals surface area contributed by atoms with Gasteiger partial charge in [0.1, 0.15) is 19.3 Å². The summed E-state index contributed by atoms with van der Waals surface area (Å²) in [6, 6.07) is 0. The van der Waals surface area contributed by atoms with Crippen LogP contribution >= 0.6 is 15.6 Å². The monoisotopic (exact) mass is 1340 g/mol. The smallest absolute Gasteiger partial charge is 0.462 e. The highest BCUT2D eigenvalue weighted by Crippen LogP contribution is 2.45. The van der Waals surface area contributed by atoms with Gasteiger partial charge in [-0.3, -0.25) is 37.3 Å². The molecule has 0 saturated heterocycles. The van der Waals surface area contributed by atoms with Crippen molar-refractivity contribution in [3.05, 3.63) is 0 Å². The van der Waals surface area contributed by atoms with Crippen LogP contribution in [-0.2, 0) is 65.4 Å². The number of esters is 4. The summed E-state index contributed by atoms with van der Waals surface area (Å²) in [5, 5.41) is 10.6. The van der Waals surface area contributed by atoms with Crippen molar-refractivity contribution in [3.63, 3.8) is 0 Å². The average molecular weight is 1340 g/mol. The molecule has 0 spiro atoms. The number of phosphoric ester groups is 2. The SMILES string of the molecule is CC(C)CCCCCCCCCCCCCCCCC(=O)OC[C@H](COP(=O)(O)OCC(O)COP(=O)(O)OC[C@@H](COC(=O)CCCCCCCCCCC(C)C)OC(=O)CCCCCCCCCCCC(C)C)OC(=O)CCCCCCCCCCC(C)C. The van der Waals surface area contributed by atoms with Gasteiger partial charge in [0.05, 0.1) is 26.4 Å². The quantitative estimate of drug-likeness (QED) is 0.0222. The maximum atomic E-state index is 13.0. The van der Waals surface area contributed by atoms with Gasteiger partial charge in [-0.2, -0.15) is 0 Å². The Morgan fingerprint density at radius 2 is 0.462 bits per heavy atom. The van der Waals surface area contributed by atoms with Gasteiger partial charge in [0.2, 0.25) is 0 Å². The number of rotatable bonds is 69. The fourth-order valence-electron chi connectivity index (χ4n) is 10.8. The number of hydrogen-bond acceptors (Lipinski definition) is 15. The van der Waals surface area contributed by atoms with E-state index in [0.717, 1.165) is 114 Å². The van der Waals surface area contributed by atoms with Gasteiger partial charge in [-0.05, 0) is 49.4 Å². The summed E-state index contributed by atoms with van der Waals surface area (Å²) >= 11 is 0. The molecule has 3 unspecified atom stereocenters. The molecular weight excluding hydrogens is 1200 g/mol. The Kier molecular flexibility index (Phi) is 60.3. The number of carbonyl (C=O) groups excluding carboxylic acids is 4. The van der Waals surface area contributed by atoms with Crippen molar-refractivity contribution in [3.8, 4) is 0 Å². The van der Waals surface area contributed by atoms with Crippen LogP contribution in [0, 0.1) is 23.7 Å². The van der Waals surface area contributed by atoms with Gasteiger partial charge in [0, 0.05) is 25.7 Å². The van der Waals surface area contributed by atoms with Crippen LogP contribution in [0.3, 0.4) is 0 Å². The number of carbonyl (C=O) groups is 4. The lowest BCUT2D eigenvalue weighted by atomic mass is 10.0. The van der Waals surface area contributed by atoms with E-state index in [1.165, 1.54) is 161 Å². The van der Waals surface area contributed by atoms with Crippen molar-refractivity contribution in [2.24, 2.45) is 23.7 Å². The van der Waals surface area contributed by atoms with E-state index in [1.54, 1.807) is 0 Å². The molecule has 0 heterocycles. The Hall–Kier alpha value is -1.94. The lowest BCUT2D eigenvalue weighted by molar-refractivity contribution is -0.161. The number of aliphatic hydroxyl groups excluding tert-OH is 1. The second-order valence-corrected chi connectivity index (χ2v) is 30.8. The first-order chi connectivity index (χ1) is 43.6. The van der Waals surface area contributed by atoms with Crippen molar-refractivity contribution >= 4 is 39.5 Å². The Balaban J connectivity index is 5.22. The molecule has 0 aliphatic heterocycles. The maximum absolute atomic E-state index is 13.0. The first-order valence-electron chi connectivity index (χ1n) is 37.2. The van der Waals surface area contributed by atoms with E-state index in [2.05, 4.69) is 55.4 Å². The Bertz CT molecular complexity index is 1800. The summed E-state index contributed by atoms with van der Waals surface area (Å²) in [7, 11) is -9.91. The Morgan fingerprint density at radius 1 is 0.275 bits per heavy atom. The van der Waals surface area contributed by atoms with Gasteiger partial charge < -0.3 is 33.8 Å². The molecule has 5 atom stereocenters. The first-order valence-corrected chi connectivity index (χ1v) is 40.2. The molecule has 19 heteroatoms. The van der Waals surface area contributed by atoms with Gasteiger partial charge in [-0.15, -0.1) is 0 Å². The van der Waals surface area contributed by atoms with Gasteiger partial charge in [-0.25, -0.2) is 9.13 Å². The molecule has 0 rings (SSSR count). The van der Waals surface area contributed by atoms with Crippen LogP contribution < -0.4 is 0 Å². The maximum Gasteiger partial charge on any atom is 0.472 e. The predicted molar refractivity (Wildman–Crippen MR) is 367 cm³/mol. The predicted octanol–water partition coefficient (Wildman–Crippen LogP) is 20.5. The molecule has 0 amide bonds. The van der Waals surface area contributed by atoms with Gasteiger partial charge in [0.25, 0.3) is 0 Å². The number of ether oxygens (including phenoxy) is 4. The molecule has 0 aliphatic carbocycles.